The number of aliphatic imine (C=N–C) groups is 1. The smallest absolute Gasteiger partial charge is 0.190 e. The Hall–Kier alpha value is -2.34. The molecule has 2 aromatic rings. The molecular weight excluding hydrogens is 324 g/mol. The molecule has 1 heterocycles. The maximum Gasteiger partial charge on any atom is 0.190 e. The lowest BCUT2D eigenvalue weighted by Gasteiger charge is -2.25. The number of aryl methyl sites for hydroxylation is 1. The van der Waals surface area contributed by atoms with Gasteiger partial charge >= 0.3 is 0 Å². The van der Waals surface area contributed by atoms with Crippen molar-refractivity contribution in [2.24, 2.45) is 4.99 Å². The van der Waals surface area contributed by atoms with Crippen molar-refractivity contribution in [3.63, 3.8) is 0 Å². The summed E-state index contributed by atoms with van der Waals surface area (Å²) < 4.78 is 2.09. The van der Waals surface area contributed by atoms with Crippen LogP contribution in [0.25, 0.3) is 0 Å². The predicted octanol–water partition coefficient (Wildman–Crippen LogP) is 2.35. The highest BCUT2D eigenvalue weighted by atomic mass is 15.2. The second-order valence-electron chi connectivity index (χ2n) is 6.62. The fourth-order valence-electron chi connectivity index (χ4n) is 2.76. The van der Waals surface area contributed by atoms with Crippen LogP contribution in [0.2, 0.25) is 0 Å². The Bertz CT molecular complexity index is 623. The van der Waals surface area contributed by atoms with Crippen molar-refractivity contribution >= 4 is 5.96 Å². The van der Waals surface area contributed by atoms with E-state index < -0.39 is 0 Å². The number of hydrogen-bond donors (Lipinski definition) is 2. The van der Waals surface area contributed by atoms with Crippen LogP contribution in [-0.4, -0.2) is 53.6 Å². The van der Waals surface area contributed by atoms with Crippen LogP contribution >= 0.6 is 0 Å². The van der Waals surface area contributed by atoms with Gasteiger partial charge in [0.15, 0.2) is 5.96 Å². The fourth-order valence-corrected chi connectivity index (χ4v) is 2.76. The molecule has 142 valence electrons. The zero-order chi connectivity index (χ0) is 18.6. The van der Waals surface area contributed by atoms with Crippen molar-refractivity contribution in [3.8, 4) is 0 Å². The minimum Gasteiger partial charge on any atom is -0.356 e. The third kappa shape index (κ3) is 7.27. The molecule has 0 radical (unpaired) electrons. The number of imidazole rings is 1. The average Bonchev–Trinajstić information content (AvgIpc) is 3.17. The zero-order valence-electron chi connectivity index (χ0n) is 16.2. The zero-order valence-corrected chi connectivity index (χ0v) is 16.2. The Morgan fingerprint density at radius 1 is 1.23 bits per heavy atom. The normalized spacial score (nSPS) is 13.0. The SMILES string of the molecule is CN=C(NCCCn1ccnc1)NCCC(C)N(C)Cc1ccccc1. The first kappa shape index (κ1) is 20.0. The van der Waals surface area contributed by atoms with Gasteiger partial charge in [-0.2, -0.15) is 0 Å². The van der Waals surface area contributed by atoms with E-state index >= 15 is 0 Å². The lowest BCUT2D eigenvalue weighted by molar-refractivity contribution is 0.238. The molecule has 1 unspecified atom stereocenters. The first-order chi connectivity index (χ1) is 12.7. The molecule has 0 aliphatic heterocycles. The highest BCUT2D eigenvalue weighted by Crippen LogP contribution is 2.07. The van der Waals surface area contributed by atoms with Crippen molar-refractivity contribution in [1.29, 1.82) is 0 Å². The standard InChI is InChI=1S/C20H32N6/c1-18(25(3)16-19-8-5-4-6-9-19)10-12-24-20(21-2)23-11-7-14-26-15-13-22-17-26/h4-6,8-9,13,15,17-18H,7,10-12,14,16H2,1-3H3,(H2,21,23,24). The van der Waals surface area contributed by atoms with E-state index in [0.717, 1.165) is 45.0 Å². The monoisotopic (exact) mass is 356 g/mol. The third-order valence-electron chi connectivity index (χ3n) is 4.55. The molecule has 6 nitrogen and oxygen atoms in total. The van der Waals surface area contributed by atoms with E-state index in [2.05, 4.69) is 74.4 Å². The van der Waals surface area contributed by atoms with Crippen molar-refractivity contribution < 1.29 is 0 Å². The summed E-state index contributed by atoms with van der Waals surface area (Å²) in [5.74, 6) is 0.869. The summed E-state index contributed by atoms with van der Waals surface area (Å²) in [6.45, 7) is 6.00. The number of benzene rings is 1. The molecule has 0 amide bonds. The van der Waals surface area contributed by atoms with E-state index in [1.807, 2.05) is 25.8 Å². The van der Waals surface area contributed by atoms with Crippen LogP contribution in [0.4, 0.5) is 0 Å². The van der Waals surface area contributed by atoms with Gasteiger partial charge in [-0.05, 0) is 32.4 Å². The first-order valence-corrected chi connectivity index (χ1v) is 9.33. The molecule has 0 aliphatic rings. The van der Waals surface area contributed by atoms with E-state index in [1.54, 1.807) is 0 Å². The summed E-state index contributed by atoms with van der Waals surface area (Å²) in [5.41, 5.74) is 1.35. The van der Waals surface area contributed by atoms with Crippen LogP contribution in [0.1, 0.15) is 25.3 Å². The molecule has 0 aliphatic carbocycles. The molecule has 26 heavy (non-hydrogen) atoms. The molecule has 6 heteroatoms. The summed E-state index contributed by atoms with van der Waals surface area (Å²) in [6.07, 6.45) is 7.75. The molecule has 0 saturated heterocycles. The minimum absolute atomic E-state index is 0.502. The Balaban J connectivity index is 1.60. The van der Waals surface area contributed by atoms with Crippen molar-refractivity contribution in [2.75, 3.05) is 27.2 Å². The quantitative estimate of drug-likeness (QED) is 0.390. The highest BCUT2D eigenvalue weighted by Gasteiger charge is 2.09. The second-order valence-corrected chi connectivity index (χ2v) is 6.62. The van der Waals surface area contributed by atoms with Crippen molar-refractivity contribution in [2.45, 2.75) is 38.9 Å². The molecule has 0 saturated carbocycles. The molecular formula is C20H32N6. The predicted molar refractivity (Wildman–Crippen MR) is 108 cm³/mol. The average molecular weight is 357 g/mol. The van der Waals surface area contributed by atoms with Gasteiger partial charge in [0.1, 0.15) is 0 Å². The minimum atomic E-state index is 0.502. The van der Waals surface area contributed by atoms with E-state index in [-0.39, 0.29) is 0 Å². The summed E-state index contributed by atoms with van der Waals surface area (Å²) in [6, 6.07) is 11.1. The molecule has 1 aromatic heterocycles. The summed E-state index contributed by atoms with van der Waals surface area (Å²) in [5, 5.41) is 6.77. The number of nitrogens with zero attached hydrogens (tertiary/aromatic N) is 4. The molecule has 0 bridgehead atoms. The van der Waals surface area contributed by atoms with E-state index in [1.165, 1.54) is 5.56 Å². The molecule has 1 atom stereocenters. The van der Waals surface area contributed by atoms with Crippen LogP contribution in [0.3, 0.4) is 0 Å². The lowest BCUT2D eigenvalue weighted by Crippen LogP contribution is -2.40. The van der Waals surface area contributed by atoms with Gasteiger partial charge in [-0.15, -0.1) is 0 Å². The van der Waals surface area contributed by atoms with E-state index in [4.69, 9.17) is 0 Å². The summed E-state index contributed by atoms with van der Waals surface area (Å²) in [7, 11) is 4.00. The maximum atomic E-state index is 4.29. The van der Waals surface area contributed by atoms with Crippen LogP contribution in [0.15, 0.2) is 54.0 Å². The van der Waals surface area contributed by atoms with Crippen molar-refractivity contribution in [1.82, 2.24) is 25.1 Å². The highest BCUT2D eigenvalue weighted by molar-refractivity contribution is 5.79. The maximum absolute atomic E-state index is 4.29. The number of hydrogen-bond acceptors (Lipinski definition) is 3. The fraction of sp³-hybridized carbons (Fsp3) is 0.500. The van der Waals surface area contributed by atoms with Gasteiger partial charge in [-0.3, -0.25) is 9.89 Å². The topological polar surface area (TPSA) is 57.5 Å². The summed E-state index contributed by atoms with van der Waals surface area (Å²) in [4.78, 5) is 10.7. The van der Waals surface area contributed by atoms with Crippen LogP contribution in [0, 0.1) is 0 Å². The van der Waals surface area contributed by atoms with Crippen LogP contribution in [0.5, 0.6) is 0 Å². The number of aromatic nitrogens is 2. The number of nitrogens with one attached hydrogen (secondary N) is 2. The number of guanidine groups is 1. The van der Waals surface area contributed by atoms with Gasteiger partial charge in [0.05, 0.1) is 6.33 Å². The van der Waals surface area contributed by atoms with Gasteiger partial charge in [0.2, 0.25) is 0 Å². The molecule has 0 fully saturated rings. The lowest BCUT2D eigenvalue weighted by atomic mass is 10.1. The Labute approximate surface area is 157 Å². The molecule has 2 rings (SSSR count). The Morgan fingerprint density at radius 2 is 2.00 bits per heavy atom. The first-order valence-electron chi connectivity index (χ1n) is 9.33. The van der Waals surface area contributed by atoms with Gasteiger partial charge in [0.25, 0.3) is 0 Å². The van der Waals surface area contributed by atoms with Gasteiger partial charge < -0.3 is 15.2 Å². The molecule has 2 N–H and O–H groups in total. The van der Waals surface area contributed by atoms with E-state index in [0.29, 0.717) is 6.04 Å². The molecule has 0 spiro atoms. The second kappa shape index (κ2) is 11.3. The van der Waals surface area contributed by atoms with Crippen LogP contribution in [-0.2, 0) is 13.1 Å². The van der Waals surface area contributed by atoms with Gasteiger partial charge in [-0.1, -0.05) is 30.3 Å². The Kier molecular flexibility index (Phi) is 8.69. The Morgan fingerprint density at radius 3 is 2.69 bits per heavy atom. The van der Waals surface area contributed by atoms with Crippen molar-refractivity contribution in [3.05, 3.63) is 54.6 Å². The molecule has 1 aromatic carbocycles. The number of rotatable bonds is 10. The van der Waals surface area contributed by atoms with Gasteiger partial charge in [-0.25, -0.2) is 4.98 Å². The van der Waals surface area contributed by atoms with E-state index in [9.17, 15) is 0 Å². The van der Waals surface area contributed by atoms with Gasteiger partial charge in [0, 0.05) is 51.7 Å². The van der Waals surface area contributed by atoms with Crippen LogP contribution < -0.4 is 10.6 Å². The third-order valence-corrected chi connectivity index (χ3v) is 4.55. The largest absolute Gasteiger partial charge is 0.356 e. The summed E-state index contributed by atoms with van der Waals surface area (Å²) >= 11 is 0.